The average Bonchev–Trinajstić information content (AvgIpc) is 2.47. The Morgan fingerprint density at radius 1 is 1.05 bits per heavy atom. The van der Waals surface area contributed by atoms with Crippen LogP contribution in [0.4, 0.5) is 11.4 Å². The number of hydrogen-bond donors (Lipinski definition) is 0. The first-order valence-electron chi connectivity index (χ1n) is 5.85. The lowest BCUT2D eigenvalue weighted by Crippen LogP contribution is -2.35. The number of nitriles is 1. The van der Waals surface area contributed by atoms with Crippen LogP contribution in [0.3, 0.4) is 0 Å². The van der Waals surface area contributed by atoms with Crippen molar-refractivity contribution in [2.75, 3.05) is 11.5 Å². The second kappa shape index (κ2) is 4.46. The fourth-order valence-corrected chi connectivity index (χ4v) is 2.13. The van der Waals surface area contributed by atoms with Crippen molar-refractivity contribution in [3.8, 4) is 11.8 Å². The van der Waals surface area contributed by atoms with Gasteiger partial charge in [0.25, 0.3) is 5.91 Å². The van der Waals surface area contributed by atoms with Gasteiger partial charge in [-0.25, -0.2) is 0 Å². The highest BCUT2D eigenvalue weighted by Gasteiger charge is 2.27. The predicted molar refractivity (Wildman–Crippen MR) is 70.2 cm³/mol. The minimum atomic E-state index is -0.179. The number of fused-ring (bicyclic) bond motifs is 1. The van der Waals surface area contributed by atoms with Crippen LogP contribution in [0.2, 0.25) is 0 Å². The van der Waals surface area contributed by atoms with Gasteiger partial charge in [0.1, 0.15) is 11.8 Å². The Hall–Kier alpha value is -2.80. The minimum Gasteiger partial charge on any atom is -0.482 e. The number of anilines is 2. The van der Waals surface area contributed by atoms with Crippen molar-refractivity contribution in [1.82, 2.24) is 0 Å². The molecule has 0 radical (unpaired) electrons. The summed E-state index contributed by atoms with van der Waals surface area (Å²) < 4.78 is 5.39. The summed E-state index contributed by atoms with van der Waals surface area (Å²) in [5.41, 5.74) is 1.72. The molecule has 4 heteroatoms. The second-order valence-electron chi connectivity index (χ2n) is 4.11. The summed E-state index contributed by atoms with van der Waals surface area (Å²) in [6, 6.07) is 16.5. The number of para-hydroxylation sites is 3. The van der Waals surface area contributed by atoms with Gasteiger partial charge in [0.2, 0.25) is 0 Å². The van der Waals surface area contributed by atoms with Crippen molar-refractivity contribution >= 4 is 17.3 Å². The molecule has 3 rings (SSSR count). The van der Waals surface area contributed by atoms with E-state index in [1.54, 1.807) is 24.3 Å². The smallest absolute Gasteiger partial charge is 0.269 e. The molecule has 1 amide bonds. The molecule has 2 aromatic rings. The summed E-state index contributed by atoms with van der Waals surface area (Å²) in [6.45, 7) is -0.0171. The van der Waals surface area contributed by atoms with Gasteiger partial charge in [-0.1, -0.05) is 24.3 Å². The molecule has 0 saturated carbocycles. The second-order valence-corrected chi connectivity index (χ2v) is 4.11. The standard InChI is InChI=1S/C15H10N2O2/c16-9-11-5-1-2-6-12(11)17-13-7-3-4-8-14(13)19-10-15(17)18/h1-8H,10H2. The van der Waals surface area contributed by atoms with Gasteiger partial charge in [0.05, 0.1) is 16.9 Å². The topological polar surface area (TPSA) is 53.3 Å². The van der Waals surface area contributed by atoms with Crippen LogP contribution in [0, 0.1) is 11.3 Å². The van der Waals surface area contributed by atoms with Gasteiger partial charge in [-0.2, -0.15) is 5.26 Å². The van der Waals surface area contributed by atoms with Gasteiger partial charge in [-0.3, -0.25) is 9.69 Å². The van der Waals surface area contributed by atoms with Crippen molar-refractivity contribution in [3.05, 3.63) is 54.1 Å². The molecule has 1 heterocycles. The Bertz CT molecular complexity index is 689. The third kappa shape index (κ3) is 1.81. The van der Waals surface area contributed by atoms with E-state index in [4.69, 9.17) is 10.00 Å². The van der Waals surface area contributed by atoms with Gasteiger partial charge in [0, 0.05) is 0 Å². The fraction of sp³-hybridized carbons (Fsp3) is 0.0667. The van der Waals surface area contributed by atoms with Crippen LogP contribution in [-0.2, 0) is 4.79 Å². The number of carbonyl (C=O) groups is 1. The van der Waals surface area contributed by atoms with E-state index in [9.17, 15) is 4.79 Å². The Labute approximate surface area is 110 Å². The van der Waals surface area contributed by atoms with Crippen LogP contribution in [0.5, 0.6) is 5.75 Å². The maximum atomic E-state index is 12.1. The first kappa shape index (κ1) is 11.3. The molecule has 19 heavy (non-hydrogen) atoms. The molecule has 0 aromatic heterocycles. The fourth-order valence-electron chi connectivity index (χ4n) is 2.13. The Morgan fingerprint density at radius 2 is 1.74 bits per heavy atom. The zero-order valence-electron chi connectivity index (χ0n) is 10.0. The lowest BCUT2D eigenvalue weighted by molar-refractivity contribution is -0.120. The van der Waals surface area contributed by atoms with Crippen LogP contribution in [-0.4, -0.2) is 12.5 Å². The quantitative estimate of drug-likeness (QED) is 0.781. The predicted octanol–water partition coefficient (Wildman–Crippen LogP) is 2.62. The monoisotopic (exact) mass is 250 g/mol. The molecule has 1 aliphatic rings. The van der Waals surface area contributed by atoms with Crippen LogP contribution in [0.1, 0.15) is 5.56 Å². The highest BCUT2D eigenvalue weighted by atomic mass is 16.5. The van der Waals surface area contributed by atoms with E-state index in [0.717, 1.165) is 0 Å². The molecule has 0 aliphatic carbocycles. The molecule has 4 nitrogen and oxygen atoms in total. The molecule has 0 bridgehead atoms. The first-order chi connectivity index (χ1) is 9.31. The maximum absolute atomic E-state index is 12.1. The molecule has 92 valence electrons. The number of benzene rings is 2. The largest absolute Gasteiger partial charge is 0.482 e. The highest BCUT2D eigenvalue weighted by Crippen LogP contribution is 2.37. The van der Waals surface area contributed by atoms with Crippen molar-refractivity contribution in [2.45, 2.75) is 0 Å². The van der Waals surface area contributed by atoms with Gasteiger partial charge < -0.3 is 4.74 Å². The number of nitrogens with zero attached hydrogens (tertiary/aromatic N) is 2. The number of hydrogen-bond acceptors (Lipinski definition) is 3. The summed E-state index contributed by atoms with van der Waals surface area (Å²) in [4.78, 5) is 13.7. The minimum absolute atomic E-state index is 0.0171. The molecule has 0 spiro atoms. The molecule has 0 unspecified atom stereocenters. The summed E-state index contributed by atoms with van der Waals surface area (Å²) >= 11 is 0. The number of amides is 1. The van der Waals surface area contributed by atoms with Crippen LogP contribution in [0.15, 0.2) is 48.5 Å². The van der Waals surface area contributed by atoms with Crippen molar-refractivity contribution < 1.29 is 9.53 Å². The summed E-state index contributed by atoms with van der Waals surface area (Å²) in [5, 5.41) is 9.16. The van der Waals surface area contributed by atoms with Gasteiger partial charge in [-0.05, 0) is 24.3 Å². The SMILES string of the molecule is N#Cc1ccccc1N1C(=O)COc2ccccc21. The lowest BCUT2D eigenvalue weighted by atomic mass is 10.1. The Balaban J connectivity index is 2.20. The van der Waals surface area contributed by atoms with Crippen molar-refractivity contribution in [2.24, 2.45) is 0 Å². The molecule has 0 N–H and O–H groups in total. The molecule has 0 saturated heterocycles. The zero-order valence-corrected chi connectivity index (χ0v) is 10.0. The van der Waals surface area contributed by atoms with Gasteiger partial charge in [0.15, 0.2) is 6.61 Å². The average molecular weight is 250 g/mol. The van der Waals surface area contributed by atoms with Crippen LogP contribution >= 0.6 is 0 Å². The Kier molecular flexibility index (Phi) is 2.66. The number of ether oxygens (including phenoxy) is 1. The molecule has 0 atom stereocenters. The van der Waals surface area contributed by atoms with Crippen LogP contribution < -0.4 is 9.64 Å². The zero-order chi connectivity index (χ0) is 13.2. The van der Waals surface area contributed by atoms with Crippen molar-refractivity contribution in [1.29, 1.82) is 5.26 Å². The van der Waals surface area contributed by atoms with Crippen LogP contribution in [0.25, 0.3) is 0 Å². The maximum Gasteiger partial charge on any atom is 0.269 e. The lowest BCUT2D eigenvalue weighted by Gasteiger charge is -2.29. The van der Waals surface area contributed by atoms with E-state index in [1.165, 1.54) is 4.90 Å². The first-order valence-corrected chi connectivity index (χ1v) is 5.85. The molecular weight excluding hydrogens is 240 g/mol. The molecule has 1 aliphatic heterocycles. The summed E-state index contributed by atoms with van der Waals surface area (Å²) in [5.74, 6) is 0.469. The molecular formula is C15H10N2O2. The highest BCUT2D eigenvalue weighted by molar-refractivity contribution is 6.05. The molecule has 0 fully saturated rings. The number of carbonyl (C=O) groups excluding carboxylic acids is 1. The Morgan fingerprint density at radius 3 is 2.53 bits per heavy atom. The molecule has 2 aromatic carbocycles. The van der Waals surface area contributed by atoms with E-state index in [-0.39, 0.29) is 12.5 Å². The van der Waals surface area contributed by atoms with Gasteiger partial charge in [-0.15, -0.1) is 0 Å². The van der Waals surface area contributed by atoms with Crippen molar-refractivity contribution in [3.63, 3.8) is 0 Å². The third-order valence-corrected chi connectivity index (χ3v) is 2.97. The number of rotatable bonds is 1. The third-order valence-electron chi connectivity index (χ3n) is 2.97. The van der Waals surface area contributed by atoms with E-state index >= 15 is 0 Å². The normalized spacial score (nSPS) is 13.4. The van der Waals surface area contributed by atoms with Gasteiger partial charge >= 0.3 is 0 Å². The van der Waals surface area contributed by atoms with E-state index in [1.807, 2.05) is 24.3 Å². The summed E-state index contributed by atoms with van der Waals surface area (Å²) in [7, 11) is 0. The van der Waals surface area contributed by atoms with E-state index < -0.39 is 0 Å². The van der Waals surface area contributed by atoms with E-state index in [0.29, 0.717) is 22.7 Å². The van der Waals surface area contributed by atoms with E-state index in [2.05, 4.69) is 6.07 Å². The summed E-state index contributed by atoms with van der Waals surface area (Å²) in [6.07, 6.45) is 0.